The third kappa shape index (κ3) is 2.23. The highest BCUT2D eigenvalue weighted by molar-refractivity contribution is 7.10. The van der Waals surface area contributed by atoms with Crippen LogP contribution in [0.4, 0.5) is 0 Å². The minimum atomic E-state index is 0.257. The van der Waals surface area contributed by atoms with Crippen LogP contribution < -0.4 is 0 Å². The molecule has 1 aliphatic heterocycles. The first-order valence-corrected chi connectivity index (χ1v) is 7.59. The van der Waals surface area contributed by atoms with Crippen molar-refractivity contribution in [2.75, 3.05) is 20.3 Å². The summed E-state index contributed by atoms with van der Waals surface area (Å²) < 4.78 is 11.6. The molecule has 100 valence electrons. The molecule has 3 atom stereocenters. The lowest BCUT2D eigenvalue weighted by Gasteiger charge is -2.30. The van der Waals surface area contributed by atoms with Crippen molar-refractivity contribution in [3.8, 4) is 0 Å². The van der Waals surface area contributed by atoms with Crippen molar-refractivity contribution >= 4 is 11.3 Å². The summed E-state index contributed by atoms with van der Waals surface area (Å²) in [5.41, 5.74) is 1.41. The molecule has 3 rings (SSSR count). The lowest BCUT2D eigenvalue weighted by Crippen LogP contribution is -2.42. The van der Waals surface area contributed by atoms with Crippen LogP contribution in [0.25, 0.3) is 0 Å². The zero-order chi connectivity index (χ0) is 12.5. The highest BCUT2D eigenvalue weighted by Crippen LogP contribution is 2.33. The van der Waals surface area contributed by atoms with Crippen molar-refractivity contribution in [1.82, 2.24) is 4.90 Å². The van der Waals surface area contributed by atoms with E-state index in [0.29, 0.717) is 12.1 Å². The van der Waals surface area contributed by atoms with Gasteiger partial charge in [-0.2, -0.15) is 0 Å². The number of ether oxygens (including phenoxy) is 2. The van der Waals surface area contributed by atoms with Gasteiger partial charge >= 0.3 is 0 Å². The molecule has 2 heterocycles. The summed E-state index contributed by atoms with van der Waals surface area (Å²) in [7, 11) is 1.82. The van der Waals surface area contributed by atoms with Gasteiger partial charge in [0.25, 0.3) is 0 Å². The molecular weight excluding hydrogens is 246 g/mol. The van der Waals surface area contributed by atoms with Crippen LogP contribution in [0.15, 0.2) is 11.4 Å². The van der Waals surface area contributed by atoms with Crippen molar-refractivity contribution in [3.63, 3.8) is 0 Å². The highest BCUT2D eigenvalue weighted by atomic mass is 32.1. The lowest BCUT2D eigenvalue weighted by molar-refractivity contribution is -0.0326. The fraction of sp³-hybridized carbons (Fsp3) is 0.714. The summed E-state index contributed by atoms with van der Waals surface area (Å²) in [5, 5.41) is 2.18. The molecule has 1 saturated heterocycles. The highest BCUT2D eigenvalue weighted by Gasteiger charge is 2.42. The normalized spacial score (nSPS) is 32.7. The zero-order valence-corrected chi connectivity index (χ0v) is 11.9. The average Bonchev–Trinajstić information content (AvgIpc) is 2.88. The van der Waals surface area contributed by atoms with Gasteiger partial charge in [-0.1, -0.05) is 0 Å². The number of fused-ring (bicyclic) bond motifs is 2. The van der Waals surface area contributed by atoms with E-state index < -0.39 is 0 Å². The predicted molar refractivity (Wildman–Crippen MR) is 73.0 cm³/mol. The van der Waals surface area contributed by atoms with E-state index in [1.54, 1.807) is 0 Å². The van der Waals surface area contributed by atoms with E-state index in [2.05, 4.69) is 23.3 Å². The van der Waals surface area contributed by atoms with E-state index in [4.69, 9.17) is 9.47 Å². The number of rotatable bonds is 3. The molecule has 1 aromatic heterocycles. The summed E-state index contributed by atoms with van der Waals surface area (Å²) in [6.45, 7) is 5.11. The monoisotopic (exact) mass is 267 g/mol. The molecule has 18 heavy (non-hydrogen) atoms. The molecule has 3 nitrogen and oxygen atoms in total. The predicted octanol–water partition coefficient (Wildman–Crippen LogP) is 2.43. The van der Waals surface area contributed by atoms with Crippen LogP contribution in [0.5, 0.6) is 0 Å². The fourth-order valence-corrected chi connectivity index (χ4v) is 4.15. The molecule has 1 aliphatic carbocycles. The van der Waals surface area contributed by atoms with Crippen LogP contribution in [-0.4, -0.2) is 43.4 Å². The first-order chi connectivity index (χ1) is 8.79. The molecule has 4 heteroatoms. The second-order valence-electron chi connectivity index (χ2n) is 5.25. The second-order valence-corrected chi connectivity index (χ2v) is 6.25. The summed E-state index contributed by atoms with van der Waals surface area (Å²) in [4.78, 5) is 4.04. The summed E-state index contributed by atoms with van der Waals surface area (Å²) in [6.07, 6.45) is 2.92. The molecule has 2 aliphatic rings. The van der Waals surface area contributed by atoms with E-state index in [1.807, 2.05) is 18.4 Å². The van der Waals surface area contributed by atoms with Crippen LogP contribution in [0.2, 0.25) is 0 Å². The number of thiophene rings is 1. The van der Waals surface area contributed by atoms with E-state index >= 15 is 0 Å². The Morgan fingerprint density at radius 3 is 3.11 bits per heavy atom. The fourth-order valence-electron chi connectivity index (χ4n) is 3.22. The third-order valence-electron chi connectivity index (χ3n) is 4.26. The Balaban J connectivity index is 1.76. The molecule has 1 saturated carbocycles. The van der Waals surface area contributed by atoms with Crippen molar-refractivity contribution in [2.24, 2.45) is 0 Å². The largest absolute Gasteiger partial charge is 0.377 e. The molecule has 0 radical (unpaired) electrons. The Morgan fingerprint density at radius 2 is 2.39 bits per heavy atom. The zero-order valence-electron chi connectivity index (χ0n) is 11.1. The van der Waals surface area contributed by atoms with Crippen molar-refractivity contribution in [1.29, 1.82) is 0 Å². The average molecular weight is 267 g/mol. The van der Waals surface area contributed by atoms with Crippen LogP contribution in [-0.2, 0) is 16.0 Å². The third-order valence-corrected chi connectivity index (χ3v) is 5.27. The summed E-state index contributed by atoms with van der Waals surface area (Å²) >= 11 is 1.86. The van der Waals surface area contributed by atoms with Crippen LogP contribution in [0, 0.1) is 6.92 Å². The number of nitrogens with zero attached hydrogens (tertiary/aromatic N) is 1. The standard InChI is InChI=1S/C14H21NO2S/c1-10-5-8-18-13(10)9-15-6-7-17-12-4-3-11(15)14(12)16-2/h5,8,11-12,14H,3-4,6-7,9H2,1-2H3/t11-,12-,14+/m1/s1. The van der Waals surface area contributed by atoms with Crippen molar-refractivity contribution in [2.45, 2.75) is 44.6 Å². The van der Waals surface area contributed by atoms with Gasteiger partial charge in [0.05, 0.1) is 18.8 Å². The van der Waals surface area contributed by atoms with Crippen LogP contribution >= 0.6 is 11.3 Å². The van der Waals surface area contributed by atoms with Gasteiger partial charge in [0, 0.05) is 31.1 Å². The molecule has 0 unspecified atom stereocenters. The Kier molecular flexibility index (Phi) is 3.71. The van der Waals surface area contributed by atoms with Crippen molar-refractivity contribution in [3.05, 3.63) is 21.9 Å². The first-order valence-electron chi connectivity index (χ1n) is 6.71. The summed E-state index contributed by atoms with van der Waals surface area (Å²) in [5.74, 6) is 0. The van der Waals surface area contributed by atoms with E-state index in [-0.39, 0.29) is 6.10 Å². The van der Waals surface area contributed by atoms with Gasteiger partial charge < -0.3 is 9.47 Å². The SMILES string of the molecule is CO[C@H]1[C@H]2CC[C@H]1OCCN2Cc1sccc1C. The smallest absolute Gasteiger partial charge is 0.0987 e. The number of aryl methyl sites for hydroxylation is 1. The molecule has 0 aromatic carbocycles. The number of hydrogen-bond acceptors (Lipinski definition) is 4. The van der Waals surface area contributed by atoms with Gasteiger partial charge in [-0.05, 0) is 36.8 Å². The van der Waals surface area contributed by atoms with Gasteiger partial charge in [0.15, 0.2) is 0 Å². The summed E-state index contributed by atoms with van der Waals surface area (Å²) in [6, 6.07) is 2.74. The maximum atomic E-state index is 5.91. The van der Waals surface area contributed by atoms with Crippen LogP contribution in [0.3, 0.4) is 0 Å². The Bertz CT molecular complexity index is 406. The van der Waals surface area contributed by atoms with Gasteiger partial charge in [-0.25, -0.2) is 0 Å². The van der Waals surface area contributed by atoms with Crippen LogP contribution in [0.1, 0.15) is 23.3 Å². The van der Waals surface area contributed by atoms with Gasteiger partial charge in [0.2, 0.25) is 0 Å². The minimum Gasteiger partial charge on any atom is -0.377 e. The minimum absolute atomic E-state index is 0.257. The Labute approximate surface area is 113 Å². The second kappa shape index (κ2) is 5.29. The Morgan fingerprint density at radius 1 is 1.50 bits per heavy atom. The maximum absolute atomic E-state index is 5.91. The number of hydrogen-bond donors (Lipinski definition) is 0. The van der Waals surface area contributed by atoms with Gasteiger partial charge in [-0.3, -0.25) is 4.90 Å². The maximum Gasteiger partial charge on any atom is 0.0987 e. The molecule has 1 aromatic rings. The molecule has 0 spiro atoms. The quantitative estimate of drug-likeness (QED) is 0.839. The molecule has 0 amide bonds. The molecule has 2 bridgehead atoms. The molecule has 2 fully saturated rings. The lowest BCUT2D eigenvalue weighted by atomic mass is 10.1. The number of methoxy groups -OCH3 is 1. The van der Waals surface area contributed by atoms with Gasteiger partial charge in [-0.15, -0.1) is 11.3 Å². The molecule has 0 N–H and O–H groups in total. The van der Waals surface area contributed by atoms with E-state index in [1.165, 1.54) is 16.9 Å². The van der Waals surface area contributed by atoms with E-state index in [0.717, 1.165) is 26.1 Å². The molecular formula is C14H21NO2S. The van der Waals surface area contributed by atoms with Crippen molar-refractivity contribution < 1.29 is 9.47 Å². The Hall–Kier alpha value is -0.420. The topological polar surface area (TPSA) is 21.7 Å². The van der Waals surface area contributed by atoms with Gasteiger partial charge in [0.1, 0.15) is 0 Å². The van der Waals surface area contributed by atoms with E-state index in [9.17, 15) is 0 Å². The first kappa shape index (κ1) is 12.6.